The van der Waals surface area contributed by atoms with Crippen molar-refractivity contribution in [1.82, 2.24) is 0 Å². The molecule has 1 aliphatic carbocycles. The molecule has 1 heterocycles. The van der Waals surface area contributed by atoms with Crippen LogP contribution < -0.4 is 5.32 Å². The van der Waals surface area contributed by atoms with Crippen molar-refractivity contribution < 1.29 is 9.90 Å². The predicted octanol–water partition coefficient (Wildman–Crippen LogP) is 4.05. The first-order chi connectivity index (χ1) is 10.1. The number of carbonyl (C=O) groups excluding carboxylic acids is 1. The third-order valence-electron chi connectivity index (χ3n) is 5.11. The van der Waals surface area contributed by atoms with Gasteiger partial charge in [-0.15, -0.1) is 0 Å². The SMILES string of the molecule is CCC1C(=O)Nc2c1cc(C)cc2C(O)C1CCCCC1. The molecule has 0 bridgehead atoms. The summed E-state index contributed by atoms with van der Waals surface area (Å²) in [6.45, 7) is 4.09. The van der Waals surface area contributed by atoms with Gasteiger partial charge >= 0.3 is 0 Å². The summed E-state index contributed by atoms with van der Waals surface area (Å²) < 4.78 is 0. The molecule has 1 amide bonds. The number of fused-ring (bicyclic) bond motifs is 1. The van der Waals surface area contributed by atoms with Gasteiger partial charge < -0.3 is 10.4 Å². The molecule has 2 unspecified atom stereocenters. The molecule has 0 saturated heterocycles. The van der Waals surface area contributed by atoms with Gasteiger partial charge in [0.15, 0.2) is 0 Å². The van der Waals surface area contributed by atoms with Crippen LogP contribution in [0, 0.1) is 12.8 Å². The van der Waals surface area contributed by atoms with Crippen LogP contribution in [0.1, 0.15) is 74.2 Å². The molecule has 1 aromatic rings. The first-order valence-electron chi connectivity index (χ1n) is 8.25. The van der Waals surface area contributed by atoms with E-state index < -0.39 is 6.10 Å². The molecule has 2 N–H and O–H groups in total. The second kappa shape index (κ2) is 5.80. The zero-order valence-electron chi connectivity index (χ0n) is 13.0. The third-order valence-corrected chi connectivity index (χ3v) is 5.11. The van der Waals surface area contributed by atoms with E-state index in [1.165, 1.54) is 19.3 Å². The summed E-state index contributed by atoms with van der Waals surface area (Å²) in [5.74, 6) is 0.356. The van der Waals surface area contributed by atoms with Crippen molar-refractivity contribution in [1.29, 1.82) is 0 Å². The molecule has 0 radical (unpaired) electrons. The zero-order valence-corrected chi connectivity index (χ0v) is 13.0. The Labute approximate surface area is 126 Å². The Morgan fingerprint density at radius 2 is 2.00 bits per heavy atom. The van der Waals surface area contributed by atoms with E-state index >= 15 is 0 Å². The molecule has 1 fully saturated rings. The van der Waals surface area contributed by atoms with Crippen LogP contribution in [-0.4, -0.2) is 11.0 Å². The monoisotopic (exact) mass is 287 g/mol. The van der Waals surface area contributed by atoms with E-state index in [0.717, 1.165) is 41.6 Å². The highest BCUT2D eigenvalue weighted by Gasteiger charge is 2.34. The first kappa shape index (κ1) is 14.6. The molecule has 0 aromatic heterocycles. The van der Waals surface area contributed by atoms with Crippen LogP contribution in [0.3, 0.4) is 0 Å². The highest BCUT2D eigenvalue weighted by atomic mass is 16.3. The van der Waals surface area contributed by atoms with E-state index in [0.29, 0.717) is 5.92 Å². The van der Waals surface area contributed by atoms with Crippen molar-refractivity contribution >= 4 is 11.6 Å². The lowest BCUT2D eigenvalue weighted by atomic mass is 9.81. The standard InChI is InChI=1S/C18H25NO2/c1-3-13-14-9-11(2)10-15(16(14)19-18(13)21)17(20)12-7-5-4-6-8-12/h9-10,12-13,17,20H,3-8H2,1-2H3,(H,19,21). The summed E-state index contributed by atoms with van der Waals surface area (Å²) in [6.07, 6.45) is 6.24. The second-order valence-electron chi connectivity index (χ2n) is 6.61. The van der Waals surface area contributed by atoms with Crippen molar-refractivity contribution in [2.24, 2.45) is 5.92 Å². The second-order valence-corrected chi connectivity index (χ2v) is 6.61. The summed E-state index contributed by atoms with van der Waals surface area (Å²) in [7, 11) is 0. The Bertz CT molecular complexity index is 546. The summed E-state index contributed by atoms with van der Waals surface area (Å²) in [6, 6.07) is 4.15. The molecular weight excluding hydrogens is 262 g/mol. The van der Waals surface area contributed by atoms with Gasteiger partial charge in [0.05, 0.1) is 17.7 Å². The maximum Gasteiger partial charge on any atom is 0.232 e. The van der Waals surface area contributed by atoms with E-state index in [2.05, 4.69) is 17.4 Å². The van der Waals surface area contributed by atoms with Crippen LogP contribution in [-0.2, 0) is 4.79 Å². The lowest BCUT2D eigenvalue weighted by molar-refractivity contribution is -0.117. The molecule has 1 aromatic carbocycles. The molecule has 3 nitrogen and oxygen atoms in total. The number of anilines is 1. The Morgan fingerprint density at radius 1 is 1.29 bits per heavy atom. The van der Waals surface area contributed by atoms with Crippen LogP contribution in [0.2, 0.25) is 0 Å². The molecule has 114 valence electrons. The Hall–Kier alpha value is -1.35. The smallest absolute Gasteiger partial charge is 0.232 e. The Morgan fingerprint density at radius 3 is 2.67 bits per heavy atom. The fourth-order valence-electron chi connectivity index (χ4n) is 3.96. The van der Waals surface area contributed by atoms with Crippen LogP contribution in [0.15, 0.2) is 12.1 Å². The number of hydrogen-bond donors (Lipinski definition) is 2. The third kappa shape index (κ3) is 2.59. The number of carbonyl (C=O) groups is 1. The lowest BCUT2D eigenvalue weighted by Gasteiger charge is -2.28. The number of aliphatic hydroxyl groups excluding tert-OH is 1. The highest BCUT2D eigenvalue weighted by Crippen LogP contribution is 2.43. The average Bonchev–Trinajstić information content (AvgIpc) is 2.81. The molecular formula is C18H25NO2. The van der Waals surface area contributed by atoms with Crippen LogP contribution in [0.4, 0.5) is 5.69 Å². The molecule has 3 rings (SSSR count). The van der Waals surface area contributed by atoms with Gasteiger partial charge in [0.25, 0.3) is 0 Å². The first-order valence-corrected chi connectivity index (χ1v) is 8.25. The van der Waals surface area contributed by atoms with Gasteiger partial charge in [0.1, 0.15) is 0 Å². The quantitative estimate of drug-likeness (QED) is 0.881. The minimum Gasteiger partial charge on any atom is -0.388 e. The number of benzene rings is 1. The van der Waals surface area contributed by atoms with Crippen molar-refractivity contribution in [3.8, 4) is 0 Å². The van der Waals surface area contributed by atoms with Crippen LogP contribution >= 0.6 is 0 Å². The van der Waals surface area contributed by atoms with Crippen molar-refractivity contribution in [2.75, 3.05) is 5.32 Å². The van der Waals surface area contributed by atoms with Gasteiger partial charge in [0.2, 0.25) is 5.91 Å². The topological polar surface area (TPSA) is 49.3 Å². The number of aliphatic hydroxyl groups is 1. The number of rotatable bonds is 3. The van der Waals surface area contributed by atoms with Crippen LogP contribution in [0.5, 0.6) is 0 Å². The number of amides is 1. The van der Waals surface area contributed by atoms with E-state index in [-0.39, 0.29) is 11.8 Å². The zero-order chi connectivity index (χ0) is 15.0. The summed E-state index contributed by atoms with van der Waals surface area (Å²) in [4.78, 5) is 12.1. The van der Waals surface area contributed by atoms with Crippen LogP contribution in [0.25, 0.3) is 0 Å². The van der Waals surface area contributed by atoms with E-state index in [9.17, 15) is 9.90 Å². The maximum absolute atomic E-state index is 12.1. The maximum atomic E-state index is 12.1. The normalized spacial score (nSPS) is 23.8. The van der Waals surface area contributed by atoms with E-state index in [1.54, 1.807) is 0 Å². The van der Waals surface area contributed by atoms with Gasteiger partial charge in [-0.25, -0.2) is 0 Å². The molecule has 0 spiro atoms. The highest BCUT2D eigenvalue weighted by molar-refractivity contribution is 6.03. The lowest BCUT2D eigenvalue weighted by Crippen LogP contribution is -2.17. The predicted molar refractivity (Wildman–Crippen MR) is 84.4 cm³/mol. The van der Waals surface area contributed by atoms with Gasteiger partial charge in [-0.3, -0.25) is 4.79 Å². The number of nitrogens with one attached hydrogen (secondary N) is 1. The summed E-state index contributed by atoms with van der Waals surface area (Å²) >= 11 is 0. The number of hydrogen-bond acceptors (Lipinski definition) is 2. The van der Waals surface area contributed by atoms with Gasteiger partial charge in [-0.1, -0.05) is 43.9 Å². The van der Waals surface area contributed by atoms with Gasteiger partial charge in [-0.05, 0) is 37.7 Å². The van der Waals surface area contributed by atoms with Crippen molar-refractivity contribution in [2.45, 2.75) is 64.4 Å². The van der Waals surface area contributed by atoms with Gasteiger partial charge in [-0.2, -0.15) is 0 Å². The molecule has 2 atom stereocenters. The molecule has 2 aliphatic rings. The fraction of sp³-hybridized carbons (Fsp3) is 0.611. The summed E-state index contributed by atoms with van der Waals surface area (Å²) in [5.41, 5.74) is 4.03. The van der Waals surface area contributed by atoms with Crippen molar-refractivity contribution in [3.05, 3.63) is 28.8 Å². The molecule has 1 aliphatic heterocycles. The minimum atomic E-state index is -0.449. The Kier molecular flexibility index (Phi) is 4.03. The molecule has 3 heteroatoms. The number of aryl methyl sites for hydroxylation is 1. The van der Waals surface area contributed by atoms with Gasteiger partial charge in [0, 0.05) is 5.56 Å². The minimum absolute atomic E-state index is 0.0581. The molecule has 21 heavy (non-hydrogen) atoms. The fourth-order valence-corrected chi connectivity index (χ4v) is 3.96. The average molecular weight is 287 g/mol. The molecule has 1 saturated carbocycles. The summed E-state index contributed by atoms with van der Waals surface area (Å²) in [5, 5.41) is 13.8. The van der Waals surface area contributed by atoms with E-state index in [4.69, 9.17) is 0 Å². The van der Waals surface area contributed by atoms with E-state index in [1.807, 2.05) is 13.8 Å². The largest absolute Gasteiger partial charge is 0.388 e. The Balaban J connectivity index is 1.98. The van der Waals surface area contributed by atoms with Crippen molar-refractivity contribution in [3.63, 3.8) is 0 Å².